The molecule has 0 heterocycles. The van der Waals surface area contributed by atoms with Crippen LogP contribution in [-0.4, -0.2) is 24.0 Å². The van der Waals surface area contributed by atoms with Gasteiger partial charge in [0.2, 0.25) is 5.78 Å². The van der Waals surface area contributed by atoms with Gasteiger partial charge >= 0.3 is 0 Å². The van der Waals surface area contributed by atoms with Gasteiger partial charge in [0.05, 0.1) is 28.6 Å². The number of amides is 1. The molecule has 0 saturated heterocycles. The lowest BCUT2D eigenvalue weighted by Gasteiger charge is -2.18. The van der Waals surface area contributed by atoms with E-state index in [2.05, 4.69) is 15.8 Å². The van der Waals surface area contributed by atoms with Crippen LogP contribution in [0, 0.1) is 0 Å². The van der Waals surface area contributed by atoms with Gasteiger partial charge in [-0.15, -0.1) is 0 Å². The normalized spacial score (nSPS) is 13.8. The largest absolute Gasteiger partial charge is 0.492 e. The predicted molar refractivity (Wildman–Crippen MR) is 132 cm³/mol. The highest BCUT2D eigenvalue weighted by Gasteiger charge is 2.30. The third-order valence-electron chi connectivity index (χ3n) is 4.87. The minimum absolute atomic E-state index is 0.0438. The van der Waals surface area contributed by atoms with Gasteiger partial charge in [-0.2, -0.15) is 5.10 Å². The van der Waals surface area contributed by atoms with Crippen LogP contribution in [0.5, 0.6) is 5.75 Å². The molecule has 8 heteroatoms. The molecule has 0 radical (unpaired) electrons. The number of hydrogen-bond acceptors (Lipinski definition) is 5. The standard InChI is InChI=1S/C25H19Cl2N3O3/c1-2-33-22-10-6-5-9-20(22)28-25(32)18-13-15-7-3-4-8-17(15)23(24(18)31)30-29-21-14-16(26)11-12-19(21)27/h3-14,29H,2H2,1H3,(H,28,32)/b30-23+. The molecule has 0 atom stereocenters. The number of halogens is 2. The van der Waals surface area contributed by atoms with Crippen molar-refractivity contribution in [3.05, 3.63) is 93.5 Å². The highest BCUT2D eigenvalue weighted by molar-refractivity contribution is 6.59. The fraction of sp³-hybridized carbons (Fsp3) is 0.0800. The van der Waals surface area contributed by atoms with Gasteiger partial charge in [0.1, 0.15) is 11.5 Å². The number of hydrazone groups is 1. The summed E-state index contributed by atoms with van der Waals surface area (Å²) in [4.78, 5) is 26.4. The second kappa shape index (κ2) is 9.90. The maximum absolute atomic E-state index is 13.3. The number of nitrogens with zero attached hydrogens (tertiary/aromatic N) is 1. The Morgan fingerprint density at radius 2 is 1.76 bits per heavy atom. The summed E-state index contributed by atoms with van der Waals surface area (Å²) in [5.74, 6) is -0.565. The van der Waals surface area contributed by atoms with Crippen molar-refractivity contribution in [2.45, 2.75) is 6.92 Å². The molecule has 0 aliphatic heterocycles. The van der Waals surface area contributed by atoms with Crippen molar-refractivity contribution in [2.24, 2.45) is 5.10 Å². The molecule has 4 rings (SSSR count). The van der Waals surface area contributed by atoms with Crippen LogP contribution in [0.15, 0.2) is 77.4 Å². The van der Waals surface area contributed by atoms with Gasteiger partial charge in [0.25, 0.3) is 5.91 Å². The average Bonchev–Trinajstić information content (AvgIpc) is 2.81. The SMILES string of the molecule is CCOc1ccccc1NC(=O)C1=Cc2ccccc2/C(=N\Nc2cc(Cl)ccc2Cl)C1=O. The molecule has 0 bridgehead atoms. The molecule has 0 unspecified atom stereocenters. The molecule has 0 aromatic heterocycles. The summed E-state index contributed by atoms with van der Waals surface area (Å²) < 4.78 is 5.56. The van der Waals surface area contributed by atoms with Crippen molar-refractivity contribution < 1.29 is 14.3 Å². The Hall–Kier alpha value is -3.61. The summed E-state index contributed by atoms with van der Waals surface area (Å²) >= 11 is 12.2. The van der Waals surface area contributed by atoms with Crippen molar-refractivity contribution >= 4 is 58.1 Å². The molecule has 1 aliphatic carbocycles. The highest BCUT2D eigenvalue weighted by Crippen LogP contribution is 2.29. The third-order valence-corrected chi connectivity index (χ3v) is 5.44. The Bertz CT molecular complexity index is 1300. The van der Waals surface area contributed by atoms with Crippen LogP contribution in [0.1, 0.15) is 18.1 Å². The van der Waals surface area contributed by atoms with E-state index >= 15 is 0 Å². The molecule has 0 spiro atoms. The summed E-state index contributed by atoms with van der Waals surface area (Å²) in [5, 5.41) is 7.92. The first-order valence-electron chi connectivity index (χ1n) is 10.2. The monoisotopic (exact) mass is 479 g/mol. The number of anilines is 2. The second-order valence-electron chi connectivity index (χ2n) is 7.05. The number of hydrogen-bond donors (Lipinski definition) is 2. The third kappa shape index (κ3) is 4.92. The average molecular weight is 480 g/mol. The molecular weight excluding hydrogens is 461 g/mol. The number of carbonyl (C=O) groups excluding carboxylic acids is 2. The zero-order valence-electron chi connectivity index (χ0n) is 17.6. The summed E-state index contributed by atoms with van der Waals surface area (Å²) in [5.41, 5.74) is 5.05. The molecule has 3 aromatic carbocycles. The van der Waals surface area contributed by atoms with Crippen LogP contribution in [0.25, 0.3) is 6.08 Å². The van der Waals surface area contributed by atoms with Gasteiger partial charge in [0.15, 0.2) is 0 Å². The number of rotatable bonds is 6. The smallest absolute Gasteiger partial charge is 0.259 e. The number of ketones is 1. The number of fused-ring (bicyclic) bond motifs is 1. The Morgan fingerprint density at radius 1 is 1.00 bits per heavy atom. The Labute approximate surface area is 200 Å². The van der Waals surface area contributed by atoms with Gasteiger partial charge < -0.3 is 10.1 Å². The number of Topliss-reactive ketones (excluding diaryl/α,β-unsaturated/α-hetero) is 1. The Morgan fingerprint density at radius 3 is 2.58 bits per heavy atom. The number of carbonyl (C=O) groups is 2. The number of para-hydroxylation sites is 2. The van der Waals surface area contributed by atoms with E-state index < -0.39 is 11.7 Å². The maximum Gasteiger partial charge on any atom is 0.259 e. The van der Waals surface area contributed by atoms with Gasteiger partial charge in [-0.05, 0) is 48.9 Å². The Balaban J connectivity index is 1.68. The summed E-state index contributed by atoms with van der Waals surface area (Å²) in [7, 11) is 0. The summed E-state index contributed by atoms with van der Waals surface area (Å²) in [6, 6.07) is 19.1. The van der Waals surface area contributed by atoms with Crippen LogP contribution in [0.4, 0.5) is 11.4 Å². The Kier molecular flexibility index (Phi) is 6.77. The topological polar surface area (TPSA) is 79.8 Å². The second-order valence-corrected chi connectivity index (χ2v) is 7.90. The molecule has 1 aliphatic rings. The predicted octanol–water partition coefficient (Wildman–Crippen LogP) is 5.81. The quantitative estimate of drug-likeness (QED) is 0.345. The van der Waals surface area contributed by atoms with Crippen molar-refractivity contribution in [2.75, 3.05) is 17.3 Å². The highest BCUT2D eigenvalue weighted by atomic mass is 35.5. The molecule has 6 nitrogen and oxygen atoms in total. The molecule has 166 valence electrons. The molecular formula is C25H19Cl2N3O3. The number of ether oxygens (including phenoxy) is 1. The van der Waals surface area contributed by atoms with Gasteiger partial charge in [-0.1, -0.05) is 59.6 Å². The molecule has 0 fully saturated rings. The van der Waals surface area contributed by atoms with E-state index in [1.807, 2.05) is 19.1 Å². The van der Waals surface area contributed by atoms with Crippen LogP contribution in [0.2, 0.25) is 10.0 Å². The number of benzene rings is 3. The van der Waals surface area contributed by atoms with Crippen molar-refractivity contribution in [1.82, 2.24) is 0 Å². The maximum atomic E-state index is 13.3. The van der Waals surface area contributed by atoms with E-state index in [-0.39, 0.29) is 11.3 Å². The minimum Gasteiger partial charge on any atom is -0.492 e. The minimum atomic E-state index is -0.560. The van der Waals surface area contributed by atoms with Gasteiger partial charge in [-0.25, -0.2) is 0 Å². The van der Waals surface area contributed by atoms with E-state index in [1.54, 1.807) is 60.7 Å². The lowest BCUT2D eigenvalue weighted by Crippen LogP contribution is -2.30. The van der Waals surface area contributed by atoms with Crippen LogP contribution < -0.4 is 15.5 Å². The summed E-state index contributed by atoms with van der Waals surface area (Å²) in [6.45, 7) is 2.29. The van der Waals surface area contributed by atoms with Gasteiger partial charge in [-0.3, -0.25) is 15.0 Å². The molecule has 1 amide bonds. The van der Waals surface area contributed by atoms with Gasteiger partial charge in [0, 0.05) is 10.6 Å². The fourth-order valence-corrected chi connectivity index (χ4v) is 3.66. The van der Waals surface area contributed by atoms with Crippen molar-refractivity contribution in [3.63, 3.8) is 0 Å². The van der Waals surface area contributed by atoms with E-state index in [1.165, 1.54) is 0 Å². The zero-order valence-corrected chi connectivity index (χ0v) is 19.1. The summed E-state index contributed by atoms with van der Waals surface area (Å²) in [6.07, 6.45) is 1.56. The lowest BCUT2D eigenvalue weighted by molar-refractivity contribution is -0.116. The zero-order chi connectivity index (χ0) is 23.4. The van der Waals surface area contributed by atoms with Crippen molar-refractivity contribution in [3.8, 4) is 5.75 Å². The van der Waals surface area contributed by atoms with E-state index in [4.69, 9.17) is 27.9 Å². The molecule has 2 N–H and O–H groups in total. The van der Waals surface area contributed by atoms with Crippen molar-refractivity contribution in [1.29, 1.82) is 0 Å². The lowest BCUT2D eigenvalue weighted by atomic mass is 9.89. The fourth-order valence-electron chi connectivity index (χ4n) is 3.33. The van der Waals surface area contributed by atoms with Crippen LogP contribution in [0.3, 0.4) is 0 Å². The van der Waals surface area contributed by atoms with Crippen LogP contribution >= 0.6 is 23.2 Å². The molecule has 33 heavy (non-hydrogen) atoms. The van der Waals surface area contributed by atoms with E-state index in [0.29, 0.717) is 44.9 Å². The van der Waals surface area contributed by atoms with E-state index in [0.717, 1.165) is 0 Å². The molecule has 3 aromatic rings. The number of nitrogens with one attached hydrogen (secondary N) is 2. The molecule has 0 saturated carbocycles. The first kappa shape index (κ1) is 22.6. The first-order valence-corrected chi connectivity index (χ1v) is 10.9. The first-order chi connectivity index (χ1) is 16.0. The van der Waals surface area contributed by atoms with E-state index in [9.17, 15) is 9.59 Å². The van der Waals surface area contributed by atoms with Crippen LogP contribution in [-0.2, 0) is 9.59 Å².